The lowest BCUT2D eigenvalue weighted by Crippen LogP contribution is -2.28. The molecule has 0 spiro atoms. The molecule has 0 radical (unpaired) electrons. The molecule has 2 aromatic carbocycles. The van der Waals surface area contributed by atoms with E-state index in [1.165, 1.54) is 23.9 Å². The number of ether oxygens (including phenoxy) is 1. The molecule has 3 N–H and O–H groups in total. The summed E-state index contributed by atoms with van der Waals surface area (Å²) in [6.07, 6.45) is -3.96. The molecule has 0 saturated heterocycles. The summed E-state index contributed by atoms with van der Waals surface area (Å²) in [5.41, 5.74) is 7.08. The number of thioether (sulfide) groups is 1. The molecule has 0 saturated carbocycles. The lowest BCUT2D eigenvalue weighted by Gasteiger charge is -2.30. The van der Waals surface area contributed by atoms with E-state index in [-0.39, 0.29) is 11.3 Å². The molecule has 1 amide bonds. The Morgan fingerprint density at radius 1 is 1.25 bits per heavy atom. The highest BCUT2D eigenvalue weighted by Gasteiger charge is 2.31. The topological polar surface area (TPSA) is 76.7 Å². The Morgan fingerprint density at radius 2 is 1.96 bits per heavy atom. The van der Waals surface area contributed by atoms with Gasteiger partial charge in [0.1, 0.15) is 5.75 Å². The van der Waals surface area contributed by atoms with Gasteiger partial charge in [0.25, 0.3) is 5.91 Å². The number of benzene rings is 2. The molecule has 9 heteroatoms. The third kappa shape index (κ3) is 4.98. The van der Waals surface area contributed by atoms with Crippen LogP contribution in [-0.4, -0.2) is 23.2 Å². The monoisotopic (exact) mass is 409 g/mol. The first-order chi connectivity index (χ1) is 13.1. The largest absolute Gasteiger partial charge is 0.573 e. The number of amides is 1. The molecule has 2 aromatic rings. The first-order valence-corrected chi connectivity index (χ1v) is 9.39. The number of rotatable bonds is 4. The van der Waals surface area contributed by atoms with Crippen molar-refractivity contribution in [3.05, 3.63) is 59.7 Å². The summed E-state index contributed by atoms with van der Waals surface area (Å²) in [7, 11) is 0. The van der Waals surface area contributed by atoms with Crippen molar-refractivity contribution in [1.82, 2.24) is 0 Å². The number of amidine groups is 1. The number of anilines is 1. The van der Waals surface area contributed by atoms with Gasteiger partial charge in [-0.3, -0.25) is 9.79 Å². The van der Waals surface area contributed by atoms with E-state index in [2.05, 4.69) is 15.0 Å². The molecule has 148 valence electrons. The molecule has 0 aromatic heterocycles. The second-order valence-corrected chi connectivity index (χ2v) is 7.54. The van der Waals surface area contributed by atoms with Crippen LogP contribution in [0.15, 0.2) is 53.5 Å². The highest BCUT2D eigenvalue weighted by Crippen LogP contribution is 2.36. The van der Waals surface area contributed by atoms with Crippen LogP contribution in [0, 0.1) is 0 Å². The van der Waals surface area contributed by atoms with Gasteiger partial charge in [-0.15, -0.1) is 13.2 Å². The maximum Gasteiger partial charge on any atom is 0.573 e. The molecule has 1 unspecified atom stereocenters. The quantitative estimate of drug-likeness (QED) is 0.779. The predicted octanol–water partition coefficient (Wildman–Crippen LogP) is 4.50. The fourth-order valence-electron chi connectivity index (χ4n) is 2.84. The third-order valence-electron chi connectivity index (χ3n) is 4.29. The molecule has 1 heterocycles. The fraction of sp³-hybridized carbons (Fsp3) is 0.263. The smallest absolute Gasteiger partial charge is 0.406 e. The van der Waals surface area contributed by atoms with Gasteiger partial charge in [0.15, 0.2) is 5.17 Å². The van der Waals surface area contributed by atoms with Crippen LogP contribution >= 0.6 is 11.8 Å². The Labute approximate surface area is 164 Å². The van der Waals surface area contributed by atoms with Gasteiger partial charge in [0, 0.05) is 17.0 Å². The number of aliphatic imine (C=N–C) groups is 1. The number of hydrogen-bond acceptors (Lipinski definition) is 5. The summed E-state index contributed by atoms with van der Waals surface area (Å²) in [5, 5.41) is 3.28. The molecular formula is C19H18F3N3O2S. The molecule has 0 fully saturated rings. The third-order valence-corrected chi connectivity index (χ3v) is 5.08. The van der Waals surface area contributed by atoms with E-state index < -0.39 is 17.8 Å². The van der Waals surface area contributed by atoms with E-state index in [0.29, 0.717) is 10.9 Å². The van der Waals surface area contributed by atoms with Crippen LogP contribution in [0.4, 0.5) is 18.9 Å². The van der Waals surface area contributed by atoms with E-state index in [1.54, 1.807) is 6.07 Å². The molecular weight excluding hydrogens is 391 g/mol. The lowest BCUT2D eigenvalue weighted by atomic mass is 9.89. The van der Waals surface area contributed by atoms with Crippen molar-refractivity contribution < 1.29 is 22.7 Å². The molecule has 1 atom stereocenters. The van der Waals surface area contributed by atoms with Crippen LogP contribution in [0.5, 0.6) is 5.75 Å². The molecule has 0 aliphatic carbocycles. The normalized spacial score (nSPS) is 19.6. The predicted molar refractivity (Wildman–Crippen MR) is 104 cm³/mol. The number of nitrogens with one attached hydrogen (secondary N) is 1. The van der Waals surface area contributed by atoms with E-state index in [0.717, 1.165) is 29.9 Å². The molecule has 1 aliphatic heterocycles. The number of carbonyl (C=O) groups excluding carboxylic acids is 1. The number of alkyl halides is 3. The summed E-state index contributed by atoms with van der Waals surface area (Å²) in [6.45, 7) is 1.99. The zero-order chi connectivity index (χ0) is 20.4. The Kier molecular flexibility index (Phi) is 5.55. The van der Waals surface area contributed by atoms with Crippen LogP contribution < -0.4 is 15.8 Å². The van der Waals surface area contributed by atoms with E-state index in [9.17, 15) is 18.0 Å². The van der Waals surface area contributed by atoms with E-state index in [4.69, 9.17) is 5.73 Å². The van der Waals surface area contributed by atoms with Crippen molar-refractivity contribution in [2.75, 3.05) is 11.1 Å². The van der Waals surface area contributed by atoms with Crippen molar-refractivity contribution in [3.8, 4) is 5.75 Å². The number of halogens is 3. The second kappa shape index (κ2) is 7.75. The maximum atomic E-state index is 12.4. The van der Waals surface area contributed by atoms with Gasteiger partial charge in [-0.25, -0.2) is 0 Å². The van der Waals surface area contributed by atoms with Gasteiger partial charge in [-0.2, -0.15) is 0 Å². The van der Waals surface area contributed by atoms with Crippen molar-refractivity contribution in [2.24, 2.45) is 10.7 Å². The molecule has 5 nitrogen and oxygen atoms in total. The summed E-state index contributed by atoms with van der Waals surface area (Å²) < 4.78 is 40.4. The van der Waals surface area contributed by atoms with Gasteiger partial charge in [0.2, 0.25) is 0 Å². The van der Waals surface area contributed by atoms with Crippen molar-refractivity contribution in [2.45, 2.75) is 25.2 Å². The highest BCUT2D eigenvalue weighted by atomic mass is 32.2. The van der Waals surface area contributed by atoms with Crippen LogP contribution in [0.1, 0.15) is 29.3 Å². The Balaban J connectivity index is 1.74. The first kappa shape index (κ1) is 20.1. The number of nitrogens with zero attached hydrogens (tertiary/aromatic N) is 1. The minimum atomic E-state index is -4.77. The summed E-state index contributed by atoms with van der Waals surface area (Å²) in [4.78, 5) is 16.9. The van der Waals surface area contributed by atoms with E-state index >= 15 is 0 Å². The Bertz CT molecular complexity index is 900. The maximum absolute atomic E-state index is 12.4. The summed E-state index contributed by atoms with van der Waals surface area (Å²) in [6, 6.07) is 12.0. The second-order valence-electron chi connectivity index (χ2n) is 6.43. The zero-order valence-corrected chi connectivity index (χ0v) is 15.7. The average Bonchev–Trinajstić information content (AvgIpc) is 2.61. The SMILES string of the molecule is CC1(c2cccc(NC(=O)c3ccc(OC(F)(F)F)cc3)c2)CCSC(N)=N1. The number of nitrogens with two attached hydrogens (primary N) is 1. The van der Waals surface area contributed by atoms with E-state index in [1.807, 2.05) is 25.1 Å². The van der Waals surface area contributed by atoms with Gasteiger partial charge in [-0.05, 0) is 55.3 Å². The van der Waals surface area contributed by atoms with Gasteiger partial charge >= 0.3 is 6.36 Å². The minimum Gasteiger partial charge on any atom is -0.406 e. The van der Waals surface area contributed by atoms with Gasteiger partial charge < -0.3 is 15.8 Å². The molecule has 1 aliphatic rings. The summed E-state index contributed by atoms with van der Waals surface area (Å²) in [5.74, 6) is 0.0297. The van der Waals surface area contributed by atoms with Crippen LogP contribution in [0.25, 0.3) is 0 Å². The van der Waals surface area contributed by atoms with Crippen molar-refractivity contribution in [3.63, 3.8) is 0 Å². The van der Waals surface area contributed by atoms with Crippen molar-refractivity contribution >= 4 is 28.5 Å². The van der Waals surface area contributed by atoms with Crippen LogP contribution in [-0.2, 0) is 5.54 Å². The van der Waals surface area contributed by atoms with Gasteiger partial charge in [-0.1, -0.05) is 23.9 Å². The van der Waals surface area contributed by atoms with Crippen LogP contribution in [0.3, 0.4) is 0 Å². The number of hydrogen-bond donors (Lipinski definition) is 2. The Hall–Kier alpha value is -2.68. The molecule has 28 heavy (non-hydrogen) atoms. The van der Waals surface area contributed by atoms with Crippen LogP contribution in [0.2, 0.25) is 0 Å². The van der Waals surface area contributed by atoms with Gasteiger partial charge in [0.05, 0.1) is 5.54 Å². The average molecular weight is 409 g/mol. The van der Waals surface area contributed by atoms with Crippen molar-refractivity contribution in [1.29, 1.82) is 0 Å². The minimum absolute atomic E-state index is 0.211. The fourth-order valence-corrected chi connectivity index (χ4v) is 3.81. The highest BCUT2D eigenvalue weighted by molar-refractivity contribution is 8.13. The number of carbonyl (C=O) groups is 1. The molecule has 0 bridgehead atoms. The standard InChI is InChI=1S/C19H18F3N3O2S/c1-18(9-10-28-17(23)25-18)13-3-2-4-14(11-13)24-16(26)12-5-7-15(8-6-12)27-19(20,21)22/h2-8,11H,9-10H2,1H3,(H2,23,25)(H,24,26). The molecule has 3 rings (SSSR count). The Morgan fingerprint density at radius 3 is 2.61 bits per heavy atom. The summed E-state index contributed by atoms with van der Waals surface area (Å²) >= 11 is 1.51. The first-order valence-electron chi connectivity index (χ1n) is 8.40. The zero-order valence-electron chi connectivity index (χ0n) is 14.9. The lowest BCUT2D eigenvalue weighted by molar-refractivity contribution is -0.274.